The summed E-state index contributed by atoms with van der Waals surface area (Å²) < 4.78 is 1.83. The lowest BCUT2D eigenvalue weighted by atomic mass is 10.1. The SMILES string of the molecule is Cc1cccc(Cn2ccc(NC(=O)c3cc(C)ccc3C)n2)c1. The van der Waals surface area contributed by atoms with Crippen molar-refractivity contribution in [3.05, 3.63) is 82.5 Å². The van der Waals surface area contributed by atoms with Crippen LogP contribution in [0.2, 0.25) is 0 Å². The fourth-order valence-electron chi connectivity index (χ4n) is 2.68. The molecule has 0 spiro atoms. The van der Waals surface area contributed by atoms with Crippen molar-refractivity contribution in [1.82, 2.24) is 9.78 Å². The van der Waals surface area contributed by atoms with Gasteiger partial charge in [-0.1, -0.05) is 47.5 Å². The van der Waals surface area contributed by atoms with Crippen LogP contribution in [0.5, 0.6) is 0 Å². The molecule has 0 unspecified atom stereocenters. The van der Waals surface area contributed by atoms with Crippen LogP contribution in [0.15, 0.2) is 54.7 Å². The number of nitrogens with zero attached hydrogens (tertiary/aromatic N) is 2. The molecule has 4 nitrogen and oxygen atoms in total. The minimum Gasteiger partial charge on any atom is -0.305 e. The molecule has 1 N–H and O–H groups in total. The number of hydrogen-bond acceptors (Lipinski definition) is 2. The number of amides is 1. The van der Waals surface area contributed by atoms with Crippen molar-refractivity contribution in [2.24, 2.45) is 0 Å². The summed E-state index contributed by atoms with van der Waals surface area (Å²) in [5.74, 6) is 0.436. The van der Waals surface area contributed by atoms with Crippen molar-refractivity contribution in [2.45, 2.75) is 27.3 Å². The van der Waals surface area contributed by atoms with Gasteiger partial charge in [0, 0.05) is 17.8 Å². The maximum absolute atomic E-state index is 12.4. The van der Waals surface area contributed by atoms with Gasteiger partial charge in [0.1, 0.15) is 0 Å². The molecule has 3 rings (SSSR count). The number of rotatable bonds is 4. The number of aromatic nitrogens is 2. The highest BCUT2D eigenvalue weighted by atomic mass is 16.1. The molecule has 1 heterocycles. The summed E-state index contributed by atoms with van der Waals surface area (Å²) in [4.78, 5) is 12.4. The van der Waals surface area contributed by atoms with Crippen molar-refractivity contribution >= 4 is 11.7 Å². The Labute approximate surface area is 142 Å². The van der Waals surface area contributed by atoms with Gasteiger partial charge in [-0.15, -0.1) is 0 Å². The Morgan fingerprint density at radius 1 is 1.04 bits per heavy atom. The zero-order valence-electron chi connectivity index (χ0n) is 14.2. The molecule has 0 aliphatic rings. The molecule has 4 heteroatoms. The van der Waals surface area contributed by atoms with E-state index in [1.807, 2.05) is 55.1 Å². The van der Waals surface area contributed by atoms with Gasteiger partial charge >= 0.3 is 0 Å². The Balaban J connectivity index is 1.72. The maximum atomic E-state index is 12.4. The average Bonchev–Trinajstić information content (AvgIpc) is 2.96. The number of carbonyl (C=O) groups is 1. The molecule has 0 aliphatic heterocycles. The number of carbonyl (C=O) groups excluding carboxylic acids is 1. The number of nitrogens with one attached hydrogen (secondary N) is 1. The number of anilines is 1. The van der Waals surface area contributed by atoms with Crippen LogP contribution in [-0.2, 0) is 6.54 Å². The Bertz CT molecular complexity index is 880. The first-order valence-corrected chi connectivity index (χ1v) is 7.99. The van der Waals surface area contributed by atoms with Crippen LogP contribution in [0.25, 0.3) is 0 Å². The van der Waals surface area contributed by atoms with E-state index in [1.165, 1.54) is 11.1 Å². The quantitative estimate of drug-likeness (QED) is 0.786. The predicted octanol–water partition coefficient (Wildman–Crippen LogP) is 4.11. The first-order chi connectivity index (χ1) is 11.5. The van der Waals surface area contributed by atoms with E-state index in [0.29, 0.717) is 17.9 Å². The van der Waals surface area contributed by atoms with Crippen LogP contribution in [0.3, 0.4) is 0 Å². The third-order valence-electron chi connectivity index (χ3n) is 3.95. The van der Waals surface area contributed by atoms with Gasteiger partial charge in [-0.3, -0.25) is 9.48 Å². The zero-order chi connectivity index (χ0) is 17.1. The Hall–Kier alpha value is -2.88. The van der Waals surface area contributed by atoms with E-state index in [2.05, 4.69) is 35.5 Å². The van der Waals surface area contributed by atoms with Crippen molar-refractivity contribution < 1.29 is 4.79 Å². The summed E-state index contributed by atoms with van der Waals surface area (Å²) in [6.07, 6.45) is 1.88. The predicted molar refractivity (Wildman–Crippen MR) is 96.4 cm³/mol. The first kappa shape index (κ1) is 16.0. The van der Waals surface area contributed by atoms with Gasteiger partial charge in [0.2, 0.25) is 0 Å². The van der Waals surface area contributed by atoms with E-state index in [1.54, 1.807) is 0 Å². The molecule has 3 aromatic rings. The van der Waals surface area contributed by atoms with E-state index >= 15 is 0 Å². The molecule has 0 saturated heterocycles. The lowest BCUT2D eigenvalue weighted by Gasteiger charge is -2.07. The molecule has 0 radical (unpaired) electrons. The summed E-state index contributed by atoms with van der Waals surface area (Å²) in [6.45, 7) is 6.67. The Kier molecular flexibility index (Phi) is 4.47. The fraction of sp³-hybridized carbons (Fsp3) is 0.200. The van der Waals surface area contributed by atoms with Crippen molar-refractivity contribution in [3.63, 3.8) is 0 Å². The Morgan fingerprint density at radius 2 is 1.83 bits per heavy atom. The molecular weight excluding hydrogens is 298 g/mol. The van der Waals surface area contributed by atoms with Crippen LogP contribution < -0.4 is 5.32 Å². The van der Waals surface area contributed by atoms with Crippen LogP contribution in [-0.4, -0.2) is 15.7 Å². The van der Waals surface area contributed by atoms with Crippen LogP contribution in [0.4, 0.5) is 5.82 Å². The summed E-state index contributed by atoms with van der Waals surface area (Å²) in [5.41, 5.74) is 5.12. The van der Waals surface area contributed by atoms with Gasteiger partial charge in [0.25, 0.3) is 5.91 Å². The molecule has 122 valence electrons. The number of aryl methyl sites for hydroxylation is 3. The molecule has 1 aromatic heterocycles. The Morgan fingerprint density at radius 3 is 2.62 bits per heavy atom. The van der Waals surface area contributed by atoms with E-state index < -0.39 is 0 Å². The minimum absolute atomic E-state index is 0.128. The van der Waals surface area contributed by atoms with Crippen LogP contribution in [0, 0.1) is 20.8 Å². The van der Waals surface area contributed by atoms with Crippen molar-refractivity contribution in [1.29, 1.82) is 0 Å². The van der Waals surface area contributed by atoms with E-state index in [0.717, 1.165) is 11.1 Å². The van der Waals surface area contributed by atoms with Crippen LogP contribution in [0.1, 0.15) is 32.6 Å². The second kappa shape index (κ2) is 6.71. The van der Waals surface area contributed by atoms with Gasteiger partial charge in [-0.2, -0.15) is 5.10 Å². The molecule has 1 amide bonds. The smallest absolute Gasteiger partial charge is 0.257 e. The fourth-order valence-corrected chi connectivity index (χ4v) is 2.68. The highest BCUT2D eigenvalue weighted by molar-refractivity contribution is 6.04. The second-order valence-electron chi connectivity index (χ2n) is 6.16. The maximum Gasteiger partial charge on any atom is 0.257 e. The summed E-state index contributed by atoms with van der Waals surface area (Å²) in [6, 6.07) is 16.0. The molecule has 0 saturated carbocycles. The molecule has 0 atom stereocenters. The van der Waals surface area contributed by atoms with E-state index in [4.69, 9.17) is 0 Å². The monoisotopic (exact) mass is 319 g/mol. The highest BCUT2D eigenvalue weighted by Gasteiger charge is 2.11. The van der Waals surface area contributed by atoms with Gasteiger partial charge in [-0.05, 0) is 38.0 Å². The molecule has 24 heavy (non-hydrogen) atoms. The summed E-state index contributed by atoms with van der Waals surface area (Å²) in [7, 11) is 0. The molecular formula is C20H21N3O. The number of hydrogen-bond donors (Lipinski definition) is 1. The van der Waals surface area contributed by atoms with E-state index in [9.17, 15) is 4.79 Å². The van der Waals surface area contributed by atoms with Crippen molar-refractivity contribution in [3.8, 4) is 0 Å². The molecule has 0 fully saturated rings. The summed E-state index contributed by atoms with van der Waals surface area (Å²) in [5, 5.41) is 7.31. The molecule has 0 bridgehead atoms. The highest BCUT2D eigenvalue weighted by Crippen LogP contribution is 2.14. The normalized spacial score (nSPS) is 10.6. The number of benzene rings is 2. The molecule has 0 aliphatic carbocycles. The van der Waals surface area contributed by atoms with Gasteiger partial charge < -0.3 is 5.32 Å². The standard InChI is InChI=1S/C20H21N3O/c1-14-5-4-6-17(11-14)13-23-10-9-19(22-23)21-20(24)18-12-15(2)7-8-16(18)3/h4-12H,13H2,1-3H3,(H,21,22,24). The lowest BCUT2D eigenvalue weighted by Crippen LogP contribution is -2.14. The largest absolute Gasteiger partial charge is 0.305 e. The third kappa shape index (κ3) is 3.71. The molecule has 2 aromatic carbocycles. The first-order valence-electron chi connectivity index (χ1n) is 7.99. The van der Waals surface area contributed by atoms with E-state index in [-0.39, 0.29) is 5.91 Å². The summed E-state index contributed by atoms with van der Waals surface area (Å²) >= 11 is 0. The zero-order valence-corrected chi connectivity index (χ0v) is 14.2. The van der Waals surface area contributed by atoms with Crippen LogP contribution >= 0.6 is 0 Å². The van der Waals surface area contributed by atoms with Crippen molar-refractivity contribution in [2.75, 3.05) is 5.32 Å². The van der Waals surface area contributed by atoms with Gasteiger partial charge in [-0.25, -0.2) is 0 Å². The van der Waals surface area contributed by atoms with Gasteiger partial charge in [0.05, 0.1) is 6.54 Å². The minimum atomic E-state index is -0.128. The topological polar surface area (TPSA) is 46.9 Å². The van der Waals surface area contributed by atoms with Gasteiger partial charge in [0.15, 0.2) is 5.82 Å². The third-order valence-corrected chi connectivity index (χ3v) is 3.95. The lowest BCUT2D eigenvalue weighted by molar-refractivity contribution is 0.102. The second-order valence-corrected chi connectivity index (χ2v) is 6.16. The average molecular weight is 319 g/mol.